The van der Waals surface area contributed by atoms with Gasteiger partial charge in [-0.3, -0.25) is 14.9 Å². The number of nitro benzene ring substituents is 1. The van der Waals surface area contributed by atoms with Gasteiger partial charge in [-0.05, 0) is 12.1 Å². The molecule has 1 N–H and O–H groups in total. The second-order valence-electron chi connectivity index (χ2n) is 5.31. The van der Waals surface area contributed by atoms with Crippen molar-refractivity contribution in [1.29, 1.82) is 0 Å². The van der Waals surface area contributed by atoms with Gasteiger partial charge in [0, 0.05) is 17.7 Å². The Morgan fingerprint density at radius 3 is 2.70 bits per heavy atom. The maximum atomic E-state index is 12.3. The van der Waals surface area contributed by atoms with Gasteiger partial charge in [-0.1, -0.05) is 29.5 Å². The van der Waals surface area contributed by atoms with E-state index >= 15 is 0 Å². The molecule has 0 aliphatic rings. The summed E-state index contributed by atoms with van der Waals surface area (Å²) in [6, 6.07) is 9.46. The third kappa shape index (κ3) is 4.70. The summed E-state index contributed by atoms with van der Waals surface area (Å²) in [5.41, 5.74) is 0.448. The van der Waals surface area contributed by atoms with Gasteiger partial charge in [-0.15, -0.1) is 13.2 Å². The Bertz CT molecular complexity index is 1020. The van der Waals surface area contributed by atoms with E-state index < -0.39 is 22.9 Å². The van der Waals surface area contributed by atoms with Crippen LogP contribution >= 0.6 is 11.3 Å². The number of nitrogens with one attached hydrogen (secondary N) is 1. The molecule has 0 aliphatic heterocycles. The van der Waals surface area contributed by atoms with Gasteiger partial charge < -0.3 is 10.1 Å². The van der Waals surface area contributed by atoms with Gasteiger partial charge in [0.1, 0.15) is 5.75 Å². The number of amides is 1. The van der Waals surface area contributed by atoms with Crippen LogP contribution in [0.2, 0.25) is 0 Å². The number of rotatable bonds is 5. The third-order valence-corrected chi connectivity index (χ3v) is 4.31. The van der Waals surface area contributed by atoms with E-state index in [0.717, 1.165) is 23.5 Å². The van der Waals surface area contributed by atoms with Crippen LogP contribution < -0.4 is 10.1 Å². The highest BCUT2D eigenvalue weighted by Gasteiger charge is 2.31. The highest BCUT2D eigenvalue weighted by Crippen LogP contribution is 2.31. The number of hydrogen-bond acceptors (Lipinski definition) is 6. The van der Waals surface area contributed by atoms with Crippen LogP contribution in [0, 0.1) is 10.1 Å². The fourth-order valence-corrected chi connectivity index (χ4v) is 3.24. The van der Waals surface area contributed by atoms with Crippen molar-refractivity contribution >= 4 is 38.3 Å². The van der Waals surface area contributed by atoms with E-state index in [1.165, 1.54) is 24.3 Å². The number of halogens is 3. The zero-order valence-corrected chi connectivity index (χ0v) is 14.1. The van der Waals surface area contributed by atoms with Crippen LogP contribution in [0.15, 0.2) is 42.5 Å². The first-order valence-corrected chi connectivity index (χ1v) is 8.21. The molecule has 140 valence electrons. The lowest BCUT2D eigenvalue weighted by Crippen LogP contribution is -2.16. The van der Waals surface area contributed by atoms with Crippen LogP contribution in [0.4, 0.5) is 24.0 Å². The molecule has 27 heavy (non-hydrogen) atoms. The summed E-state index contributed by atoms with van der Waals surface area (Å²) in [6.45, 7) is 0. The molecule has 0 bridgehead atoms. The first-order chi connectivity index (χ1) is 12.7. The number of carbonyl (C=O) groups is 1. The number of aromatic nitrogens is 1. The molecule has 0 fully saturated rings. The van der Waals surface area contributed by atoms with Crippen LogP contribution in [-0.4, -0.2) is 22.2 Å². The summed E-state index contributed by atoms with van der Waals surface area (Å²) in [5, 5.41) is 13.6. The molecule has 0 aliphatic carbocycles. The topological polar surface area (TPSA) is 94.4 Å². The molecular weight excluding hydrogens is 387 g/mol. The van der Waals surface area contributed by atoms with Gasteiger partial charge in [-0.2, -0.15) is 0 Å². The van der Waals surface area contributed by atoms with Crippen molar-refractivity contribution in [3.05, 3.63) is 58.1 Å². The van der Waals surface area contributed by atoms with Gasteiger partial charge in [0.25, 0.3) is 5.69 Å². The second-order valence-corrected chi connectivity index (χ2v) is 6.34. The SMILES string of the molecule is O=C(Cc1ccccc1[N+](=O)[O-])Nc1nc2ccc(OC(F)(F)F)cc2s1. The molecule has 1 amide bonds. The standard InChI is InChI=1S/C16H10F3N3O4S/c17-16(18,19)26-10-5-6-11-13(8-10)27-15(20-11)21-14(23)7-9-3-1-2-4-12(9)22(24)25/h1-6,8H,7H2,(H,20,21,23). The monoisotopic (exact) mass is 397 g/mol. The fourth-order valence-electron chi connectivity index (χ4n) is 2.33. The normalized spacial score (nSPS) is 11.4. The van der Waals surface area contributed by atoms with Gasteiger partial charge in [0.2, 0.25) is 5.91 Å². The van der Waals surface area contributed by atoms with Crippen molar-refractivity contribution in [2.24, 2.45) is 0 Å². The highest BCUT2D eigenvalue weighted by molar-refractivity contribution is 7.22. The van der Waals surface area contributed by atoms with Crippen molar-refractivity contribution in [1.82, 2.24) is 4.98 Å². The minimum atomic E-state index is -4.81. The zero-order valence-electron chi connectivity index (χ0n) is 13.3. The van der Waals surface area contributed by atoms with Crippen LogP contribution in [0.25, 0.3) is 10.2 Å². The van der Waals surface area contributed by atoms with Crippen LogP contribution in [0.1, 0.15) is 5.56 Å². The summed E-state index contributed by atoms with van der Waals surface area (Å²) < 4.78 is 41.1. The number of hydrogen-bond donors (Lipinski definition) is 1. The molecule has 1 aromatic heterocycles. The summed E-state index contributed by atoms with van der Waals surface area (Å²) in [7, 11) is 0. The first-order valence-electron chi connectivity index (χ1n) is 7.40. The number of benzene rings is 2. The summed E-state index contributed by atoms with van der Waals surface area (Å²) >= 11 is 0.963. The smallest absolute Gasteiger partial charge is 0.406 e. The largest absolute Gasteiger partial charge is 0.573 e. The maximum absolute atomic E-state index is 12.3. The Hall–Kier alpha value is -3.21. The number of anilines is 1. The number of nitro groups is 1. The van der Waals surface area contributed by atoms with Gasteiger partial charge in [0.15, 0.2) is 5.13 Å². The first kappa shape index (κ1) is 18.6. The molecule has 2 aromatic carbocycles. The molecule has 0 saturated carbocycles. The number of ether oxygens (including phenoxy) is 1. The van der Waals surface area contributed by atoms with Gasteiger partial charge in [0.05, 0.1) is 21.6 Å². The van der Waals surface area contributed by atoms with Crippen LogP contribution in [0.5, 0.6) is 5.75 Å². The average Bonchev–Trinajstić information content (AvgIpc) is 2.94. The number of thiazole rings is 1. The van der Waals surface area contributed by atoms with E-state index in [2.05, 4.69) is 15.0 Å². The van der Waals surface area contributed by atoms with E-state index in [1.807, 2.05) is 0 Å². The fraction of sp³-hybridized carbons (Fsp3) is 0.125. The second kappa shape index (κ2) is 7.19. The number of nitrogens with zero attached hydrogens (tertiary/aromatic N) is 2. The number of para-hydroxylation sites is 1. The third-order valence-electron chi connectivity index (χ3n) is 3.38. The molecule has 0 spiro atoms. The van der Waals surface area contributed by atoms with Crippen molar-refractivity contribution in [3.8, 4) is 5.75 Å². The molecule has 0 unspecified atom stereocenters. The Labute approximate surface area is 153 Å². The summed E-state index contributed by atoms with van der Waals surface area (Å²) in [6.07, 6.45) is -5.05. The molecule has 3 aromatic rings. The number of fused-ring (bicyclic) bond motifs is 1. The Kier molecular flexibility index (Phi) is 4.95. The Morgan fingerprint density at radius 1 is 1.26 bits per heavy atom. The van der Waals surface area contributed by atoms with E-state index in [-0.39, 0.29) is 22.8 Å². The van der Waals surface area contributed by atoms with Crippen molar-refractivity contribution in [3.63, 3.8) is 0 Å². The zero-order chi connectivity index (χ0) is 19.6. The predicted molar refractivity (Wildman–Crippen MR) is 91.7 cm³/mol. The molecule has 3 rings (SSSR count). The lowest BCUT2D eigenvalue weighted by molar-refractivity contribution is -0.385. The van der Waals surface area contributed by atoms with Crippen molar-refractivity contribution in [2.75, 3.05) is 5.32 Å². The van der Waals surface area contributed by atoms with Gasteiger partial charge in [-0.25, -0.2) is 4.98 Å². The molecule has 11 heteroatoms. The maximum Gasteiger partial charge on any atom is 0.573 e. The summed E-state index contributed by atoms with van der Waals surface area (Å²) in [5.74, 6) is -0.924. The minimum absolute atomic E-state index is 0.165. The van der Waals surface area contributed by atoms with Crippen LogP contribution in [-0.2, 0) is 11.2 Å². The summed E-state index contributed by atoms with van der Waals surface area (Å²) in [4.78, 5) is 26.7. The van der Waals surface area contributed by atoms with E-state index in [9.17, 15) is 28.1 Å². The van der Waals surface area contributed by atoms with Gasteiger partial charge >= 0.3 is 6.36 Å². The highest BCUT2D eigenvalue weighted by atomic mass is 32.1. The van der Waals surface area contributed by atoms with E-state index in [0.29, 0.717) is 10.2 Å². The van der Waals surface area contributed by atoms with E-state index in [4.69, 9.17) is 0 Å². The van der Waals surface area contributed by atoms with E-state index in [1.54, 1.807) is 6.07 Å². The number of carbonyl (C=O) groups excluding carboxylic acids is 1. The predicted octanol–water partition coefficient (Wildman–Crippen LogP) is 4.28. The van der Waals surface area contributed by atoms with Crippen molar-refractivity contribution < 1.29 is 27.6 Å². The molecule has 7 nitrogen and oxygen atoms in total. The van der Waals surface area contributed by atoms with Crippen LogP contribution in [0.3, 0.4) is 0 Å². The molecule has 0 atom stereocenters. The molecule has 1 heterocycles. The molecule has 0 saturated heterocycles. The lowest BCUT2D eigenvalue weighted by atomic mass is 10.1. The Morgan fingerprint density at radius 2 is 2.00 bits per heavy atom. The average molecular weight is 397 g/mol. The lowest BCUT2D eigenvalue weighted by Gasteiger charge is -2.07. The minimum Gasteiger partial charge on any atom is -0.406 e. The molecule has 0 radical (unpaired) electrons. The Balaban J connectivity index is 1.75. The number of alkyl halides is 3. The molecular formula is C16H10F3N3O4S. The van der Waals surface area contributed by atoms with Crippen molar-refractivity contribution in [2.45, 2.75) is 12.8 Å². The quantitative estimate of drug-likeness (QED) is 0.512.